The summed E-state index contributed by atoms with van der Waals surface area (Å²) < 4.78 is 6.38. The van der Waals surface area contributed by atoms with Crippen molar-refractivity contribution in [1.82, 2.24) is 19.7 Å². The van der Waals surface area contributed by atoms with Crippen LogP contribution < -0.4 is 0 Å². The third-order valence-electron chi connectivity index (χ3n) is 2.21. The molecule has 0 aliphatic carbocycles. The fourth-order valence-electron chi connectivity index (χ4n) is 1.47. The van der Waals surface area contributed by atoms with E-state index < -0.39 is 11.7 Å². The minimum Gasteiger partial charge on any atom is -0.442 e. The van der Waals surface area contributed by atoms with Crippen molar-refractivity contribution in [3.63, 3.8) is 0 Å². The molecule has 2 aromatic rings. The van der Waals surface area contributed by atoms with Crippen LogP contribution in [0.3, 0.4) is 0 Å². The molecule has 2 aromatic heterocycles. The van der Waals surface area contributed by atoms with E-state index in [1.807, 2.05) is 6.92 Å². The SMILES string of the molecule is Cc1cncc(-c2cnn(C(=O)OC(C)(C)C)c2)n1. The highest BCUT2D eigenvalue weighted by Crippen LogP contribution is 2.16. The lowest BCUT2D eigenvalue weighted by Crippen LogP contribution is -2.27. The molecule has 0 bridgehead atoms. The largest absolute Gasteiger partial charge is 0.442 e. The van der Waals surface area contributed by atoms with E-state index in [0.29, 0.717) is 5.69 Å². The second kappa shape index (κ2) is 4.79. The van der Waals surface area contributed by atoms with E-state index in [4.69, 9.17) is 4.74 Å². The molecule has 0 spiro atoms. The molecule has 0 aromatic carbocycles. The molecular weight excluding hydrogens is 244 g/mol. The van der Waals surface area contributed by atoms with Gasteiger partial charge in [-0.25, -0.2) is 9.78 Å². The lowest BCUT2D eigenvalue weighted by molar-refractivity contribution is 0.0514. The summed E-state index contributed by atoms with van der Waals surface area (Å²) in [5.41, 5.74) is 1.66. The van der Waals surface area contributed by atoms with E-state index in [-0.39, 0.29) is 0 Å². The highest BCUT2D eigenvalue weighted by Gasteiger charge is 2.18. The average Bonchev–Trinajstić information content (AvgIpc) is 2.75. The van der Waals surface area contributed by atoms with E-state index in [1.54, 1.807) is 45.6 Å². The molecule has 2 heterocycles. The van der Waals surface area contributed by atoms with Gasteiger partial charge in [-0.2, -0.15) is 9.78 Å². The molecule has 19 heavy (non-hydrogen) atoms. The van der Waals surface area contributed by atoms with E-state index in [0.717, 1.165) is 15.9 Å². The van der Waals surface area contributed by atoms with Crippen molar-refractivity contribution in [2.75, 3.05) is 0 Å². The lowest BCUT2D eigenvalue weighted by atomic mass is 10.2. The molecule has 0 atom stereocenters. The van der Waals surface area contributed by atoms with Crippen LogP contribution in [0.4, 0.5) is 4.79 Å². The predicted molar refractivity (Wildman–Crippen MR) is 69.6 cm³/mol. The summed E-state index contributed by atoms with van der Waals surface area (Å²) in [6, 6.07) is 0. The molecule has 100 valence electrons. The van der Waals surface area contributed by atoms with Gasteiger partial charge in [0.05, 0.1) is 23.8 Å². The van der Waals surface area contributed by atoms with Crippen molar-refractivity contribution < 1.29 is 9.53 Å². The zero-order valence-corrected chi connectivity index (χ0v) is 11.4. The first-order valence-electron chi connectivity index (χ1n) is 5.92. The molecule has 0 saturated carbocycles. The fraction of sp³-hybridized carbons (Fsp3) is 0.385. The monoisotopic (exact) mass is 260 g/mol. The van der Waals surface area contributed by atoms with E-state index >= 15 is 0 Å². The number of rotatable bonds is 1. The lowest BCUT2D eigenvalue weighted by Gasteiger charge is -2.18. The van der Waals surface area contributed by atoms with Crippen LogP contribution in [-0.4, -0.2) is 31.4 Å². The van der Waals surface area contributed by atoms with Gasteiger partial charge < -0.3 is 4.74 Å². The fourth-order valence-corrected chi connectivity index (χ4v) is 1.47. The van der Waals surface area contributed by atoms with Crippen LogP contribution in [0.1, 0.15) is 26.5 Å². The molecule has 2 rings (SSSR count). The smallest absolute Gasteiger partial charge is 0.435 e. The van der Waals surface area contributed by atoms with Gasteiger partial charge in [0.15, 0.2) is 0 Å². The van der Waals surface area contributed by atoms with E-state index in [2.05, 4.69) is 15.1 Å². The maximum absolute atomic E-state index is 11.8. The maximum Gasteiger partial charge on any atom is 0.435 e. The second-order valence-corrected chi connectivity index (χ2v) is 5.20. The normalized spacial score (nSPS) is 11.4. The molecule has 6 nitrogen and oxygen atoms in total. The summed E-state index contributed by atoms with van der Waals surface area (Å²) in [7, 11) is 0. The van der Waals surface area contributed by atoms with Gasteiger partial charge in [0, 0.05) is 18.0 Å². The van der Waals surface area contributed by atoms with Gasteiger partial charge in [0.25, 0.3) is 0 Å². The summed E-state index contributed by atoms with van der Waals surface area (Å²) in [6.07, 6.45) is 5.93. The van der Waals surface area contributed by atoms with Crippen molar-refractivity contribution in [3.8, 4) is 11.3 Å². The standard InChI is InChI=1S/C13H16N4O2/c1-9-5-14-7-11(16-9)10-6-15-17(8-10)12(18)19-13(2,3)4/h5-8H,1-4H3. The van der Waals surface area contributed by atoms with Gasteiger partial charge in [-0.15, -0.1) is 0 Å². The van der Waals surface area contributed by atoms with Gasteiger partial charge in [0.1, 0.15) is 5.60 Å². The van der Waals surface area contributed by atoms with Crippen LogP contribution in [0.5, 0.6) is 0 Å². The Balaban J connectivity index is 2.22. The molecule has 0 unspecified atom stereocenters. The molecule has 0 saturated heterocycles. The predicted octanol–water partition coefficient (Wildman–Crippen LogP) is 2.43. The third-order valence-corrected chi connectivity index (χ3v) is 2.21. The number of carbonyl (C=O) groups is 1. The van der Waals surface area contributed by atoms with Crippen molar-refractivity contribution in [2.24, 2.45) is 0 Å². The van der Waals surface area contributed by atoms with Crippen LogP contribution in [0.15, 0.2) is 24.8 Å². The average molecular weight is 260 g/mol. The molecule has 0 aliphatic heterocycles. The Kier molecular flexibility index (Phi) is 3.33. The molecule has 0 aliphatic rings. The molecule has 6 heteroatoms. The number of ether oxygens (including phenoxy) is 1. The summed E-state index contributed by atoms with van der Waals surface area (Å²) in [6.45, 7) is 7.28. The van der Waals surface area contributed by atoms with Gasteiger partial charge >= 0.3 is 6.09 Å². The van der Waals surface area contributed by atoms with Gasteiger partial charge in [-0.1, -0.05) is 0 Å². The number of aromatic nitrogens is 4. The summed E-state index contributed by atoms with van der Waals surface area (Å²) >= 11 is 0. The Labute approximate surface area is 111 Å². The Morgan fingerprint density at radius 1 is 1.26 bits per heavy atom. The molecular formula is C13H16N4O2. The van der Waals surface area contributed by atoms with Crippen molar-refractivity contribution in [1.29, 1.82) is 0 Å². The van der Waals surface area contributed by atoms with Gasteiger partial charge in [-0.3, -0.25) is 4.98 Å². The van der Waals surface area contributed by atoms with Crippen LogP contribution in [-0.2, 0) is 4.74 Å². The minimum atomic E-state index is -0.549. The highest BCUT2D eigenvalue weighted by atomic mass is 16.6. The summed E-state index contributed by atoms with van der Waals surface area (Å²) in [5.74, 6) is 0. The van der Waals surface area contributed by atoms with Crippen molar-refractivity contribution in [2.45, 2.75) is 33.3 Å². The van der Waals surface area contributed by atoms with Gasteiger partial charge in [0.2, 0.25) is 0 Å². The van der Waals surface area contributed by atoms with Crippen LogP contribution >= 0.6 is 0 Å². The Hall–Kier alpha value is -2.24. The number of hydrogen-bond donors (Lipinski definition) is 0. The first kappa shape index (κ1) is 13.2. The van der Waals surface area contributed by atoms with E-state index in [1.165, 1.54) is 0 Å². The Bertz CT molecular complexity index is 599. The third kappa shape index (κ3) is 3.37. The molecule has 0 N–H and O–H groups in total. The zero-order valence-electron chi connectivity index (χ0n) is 11.4. The van der Waals surface area contributed by atoms with E-state index in [9.17, 15) is 4.79 Å². The van der Waals surface area contributed by atoms with Crippen LogP contribution in [0, 0.1) is 6.92 Å². The molecule has 0 amide bonds. The van der Waals surface area contributed by atoms with Crippen molar-refractivity contribution >= 4 is 6.09 Å². The number of carbonyl (C=O) groups excluding carboxylic acids is 1. The van der Waals surface area contributed by atoms with Gasteiger partial charge in [-0.05, 0) is 27.7 Å². The Morgan fingerprint density at radius 2 is 2.00 bits per heavy atom. The van der Waals surface area contributed by atoms with Crippen molar-refractivity contribution in [3.05, 3.63) is 30.5 Å². The molecule has 0 radical (unpaired) electrons. The zero-order chi connectivity index (χ0) is 14.0. The Morgan fingerprint density at radius 3 is 2.63 bits per heavy atom. The topological polar surface area (TPSA) is 69.9 Å². The number of aryl methyl sites for hydroxylation is 1. The quantitative estimate of drug-likeness (QED) is 0.787. The maximum atomic E-state index is 11.8. The van der Waals surface area contributed by atoms with Crippen LogP contribution in [0.25, 0.3) is 11.3 Å². The number of nitrogens with zero attached hydrogens (tertiary/aromatic N) is 4. The van der Waals surface area contributed by atoms with Crippen LogP contribution in [0.2, 0.25) is 0 Å². The first-order chi connectivity index (χ1) is 8.85. The summed E-state index contributed by atoms with van der Waals surface area (Å²) in [4.78, 5) is 20.2. The number of hydrogen-bond acceptors (Lipinski definition) is 5. The summed E-state index contributed by atoms with van der Waals surface area (Å²) in [5, 5.41) is 3.98. The molecule has 0 fully saturated rings. The minimum absolute atomic E-state index is 0.514. The first-order valence-corrected chi connectivity index (χ1v) is 5.92. The second-order valence-electron chi connectivity index (χ2n) is 5.20. The highest BCUT2D eigenvalue weighted by molar-refractivity contribution is 5.71.